The second kappa shape index (κ2) is 6.93. The lowest BCUT2D eigenvalue weighted by atomic mass is 9.95. The van der Waals surface area contributed by atoms with E-state index in [0.29, 0.717) is 12.5 Å². The third-order valence-electron chi connectivity index (χ3n) is 5.37. The molecule has 0 bridgehead atoms. The number of carbonyl (C=O) groups is 1. The molecule has 0 unspecified atom stereocenters. The van der Waals surface area contributed by atoms with Gasteiger partial charge in [0.25, 0.3) is 5.56 Å². The van der Waals surface area contributed by atoms with Gasteiger partial charge in [-0.3, -0.25) is 23.6 Å². The molecule has 0 saturated carbocycles. The Bertz CT molecular complexity index is 722. The molecule has 0 aromatic carbocycles. The minimum Gasteiger partial charge on any atom is -0.342 e. The van der Waals surface area contributed by atoms with Crippen molar-refractivity contribution >= 4 is 5.91 Å². The van der Waals surface area contributed by atoms with E-state index < -0.39 is 0 Å². The van der Waals surface area contributed by atoms with E-state index in [2.05, 4.69) is 4.90 Å². The van der Waals surface area contributed by atoms with Crippen LogP contribution in [0, 0.1) is 5.92 Å². The maximum absolute atomic E-state index is 12.5. The lowest BCUT2D eigenvalue weighted by molar-refractivity contribution is -0.136. The van der Waals surface area contributed by atoms with Gasteiger partial charge in [-0.2, -0.15) is 0 Å². The lowest BCUT2D eigenvalue weighted by Gasteiger charge is -2.33. The van der Waals surface area contributed by atoms with Gasteiger partial charge in [-0.25, -0.2) is 4.79 Å². The van der Waals surface area contributed by atoms with E-state index in [4.69, 9.17) is 0 Å². The Labute approximate surface area is 141 Å². The Morgan fingerprint density at radius 2 is 1.67 bits per heavy atom. The van der Waals surface area contributed by atoms with E-state index in [1.807, 2.05) is 4.90 Å². The second-order valence-electron chi connectivity index (χ2n) is 6.96. The van der Waals surface area contributed by atoms with Crippen LogP contribution in [0.1, 0.15) is 31.4 Å². The van der Waals surface area contributed by atoms with Crippen molar-refractivity contribution in [2.24, 2.45) is 20.0 Å². The minimum atomic E-state index is -0.295. The van der Waals surface area contributed by atoms with Crippen molar-refractivity contribution in [3.05, 3.63) is 32.6 Å². The summed E-state index contributed by atoms with van der Waals surface area (Å²) < 4.78 is 2.65. The molecule has 0 N–H and O–H groups in total. The number of carbonyl (C=O) groups excluding carboxylic acids is 1. The molecule has 7 heteroatoms. The van der Waals surface area contributed by atoms with Crippen LogP contribution >= 0.6 is 0 Å². The van der Waals surface area contributed by atoms with E-state index >= 15 is 0 Å². The number of nitrogens with zero attached hydrogens (tertiary/aromatic N) is 4. The molecular formula is C17H26N4O3. The van der Waals surface area contributed by atoms with Crippen LogP contribution in [-0.4, -0.2) is 51.0 Å². The van der Waals surface area contributed by atoms with E-state index in [0.717, 1.165) is 62.1 Å². The molecule has 1 aromatic rings. The summed E-state index contributed by atoms with van der Waals surface area (Å²) in [5.41, 5.74) is 0.163. The number of hydrogen-bond acceptors (Lipinski definition) is 4. The van der Waals surface area contributed by atoms with Crippen LogP contribution in [0.4, 0.5) is 0 Å². The summed E-state index contributed by atoms with van der Waals surface area (Å²) >= 11 is 0. The molecule has 0 spiro atoms. The number of hydrogen-bond donors (Lipinski definition) is 0. The van der Waals surface area contributed by atoms with E-state index in [9.17, 15) is 14.4 Å². The van der Waals surface area contributed by atoms with Crippen LogP contribution in [0.3, 0.4) is 0 Å². The zero-order valence-corrected chi connectivity index (χ0v) is 14.5. The van der Waals surface area contributed by atoms with Crippen LogP contribution in [-0.2, 0) is 25.4 Å². The zero-order valence-electron chi connectivity index (χ0n) is 14.5. The summed E-state index contributed by atoms with van der Waals surface area (Å²) in [6, 6.07) is 1.53. The van der Waals surface area contributed by atoms with E-state index in [1.54, 1.807) is 7.05 Å². The molecule has 2 aliphatic heterocycles. The SMILES string of the molecule is Cn1c(CN2CCC(C(=O)N3CCCC3)CC2)cc(=O)n(C)c1=O. The second-order valence-corrected chi connectivity index (χ2v) is 6.96. The van der Waals surface area contributed by atoms with Gasteiger partial charge in [0, 0.05) is 51.4 Å². The fourth-order valence-electron chi connectivity index (χ4n) is 3.69. The molecule has 0 radical (unpaired) electrons. The molecule has 2 saturated heterocycles. The normalized spacial score (nSPS) is 19.8. The molecule has 132 valence electrons. The first-order valence-corrected chi connectivity index (χ1v) is 8.74. The smallest absolute Gasteiger partial charge is 0.330 e. The highest BCUT2D eigenvalue weighted by Gasteiger charge is 2.29. The summed E-state index contributed by atoms with van der Waals surface area (Å²) in [5, 5.41) is 0. The molecule has 3 heterocycles. The standard InChI is InChI=1S/C17H26N4O3/c1-18-14(11-15(22)19(2)17(18)24)12-20-9-5-13(6-10-20)16(23)21-7-3-4-8-21/h11,13H,3-10,12H2,1-2H3. The van der Waals surface area contributed by atoms with Crippen molar-refractivity contribution in [1.29, 1.82) is 0 Å². The summed E-state index contributed by atoms with van der Waals surface area (Å²) in [6.07, 6.45) is 3.96. The molecule has 2 aliphatic rings. The van der Waals surface area contributed by atoms with Gasteiger partial charge in [-0.15, -0.1) is 0 Å². The number of aromatic nitrogens is 2. The maximum Gasteiger partial charge on any atom is 0.330 e. The van der Waals surface area contributed by atoms with E-state index in [1.165, 1.54) is 17.7 Å². The van der Waals surface area contributed by atoms with Crippen LogP contribution in [0.25, 0.3) is 0 Å². The molecule has 7 nitrogen and oxygen atoms in total. The summed E-state index contributed by atoms with van der Waals surface area (Å²) in [7, 11) is 3.19. The third kappa shape index (κ3) is 3.31. The van der Waals surface area contributed by atoms with Crippen LogP contribution in [0.2, 0.25) is 0 Å². The summed E-state index contributed by atoms with van der Waals surface area (Å²) in [6.45, 7) is 4.05. The number of likely N-dealkylation sites (tertiary alicyclic amines) is 2. The first-order chi connectivity index (χ1) is 11.5. The predicted molar refractivity (Wildman–Crippen MR) is 90.7 cm³/mol. The van der Waals surface area contributed by atoms with Gasteiger partial charge in [0.1, 0.15) is 0 Å². The Balaban J connectivity index is 1.61. The zero-order chi connectivity index (χ0) is 17.3. The third-order valence-corrected chi connectivity index (χ3v) is 5.37. The van der Waals surface area contributed by atoms with Crippen molar-refractivity contribution in [2.75, 3.05) is 26.2 Å². The van der Waals surface area contributed by atoms with Gasteiger partial charge in [-0.1, -0.05) is 0 Å². The average molecular weight is 334 g/mol. The van der Waals surface area contributed by atoms with Crippen molar-refractivity contribution in [3.63, 3.8) is 0 Å². The molecule has 1 aromatic heterocycles. The fraction of sp³-hybridized carbons (Fsp3) is 0.706. The quantitative estimate of drug-likeness (QED) is 0.775. The lowest BCUT2D eigenvalue weighted by Crippen LogP contribution is -2.43. The van der Waals surface area contributed by atoms with Crippen molar-refractivity contribution in [2.45, 2.75) is 32.2 Å². The van der Waals surface area contributed by atoms with Crippen molar-refractivity contribution in [1.82, 2.24) is 18.9 Å². The van der Waals surface area contributed by atoms with E-state index in [-0.39, 0.29) is 17.2 Å². The van der Waals surface area contributed by atoms with Gasteiger partial charge in [0.2, 0.25) is 5.91 Å². The fourth-order valence-corrected chi connectivity index (χ4v) is 3.69. The highest BCUT2D eigenvalue weighted by Crippen LogP contribution is 2.22. The largest absolute Gasteiger partial charge is 0.342 e. The first kappa shape index (κ1) is 17.0. The molecule has 0 aliphatic carbocycles. The highest BCUT2D eigenvalue weighted by atomic mass is 16.2. The average Bonchev–Trinajstić information content (AvgIpc) is 3.12. The molecule has 0 atom stereocenters. The monoisotopic (exact) mass is 334 g/mol. The molecule has 1 amide bonds. The van der Waals surface area contributed by atoms with Gasteiger partial charge in [0.15, 0.2) is 0 Å². The number of amides is 1. The van der Waals surface area contributed by atoms with Crippen LogP contribution in [0.15, 0.2) is 15.7 Å². The summed E-state index contributed by atoms with van der Waals surface area (Å²) in [5.74, 6) is 0.444. The summed E-state index contributed by atoms with van der Waals surface area (Å²) in [4.78, 5) is 40.5. The maximum atomic E-state index is 12.5. The van der Waals surface area contributed by atoms with Gasteiger partial charge >= 0.3 is 5.69 Å². The predicted octanol–water partition coefficient (Wildman–Crippen LogP) is -0.0816. The Hall–Kier alpha value is -1.89. The number of rotatable bonds is 3. The molecule has 2 fully saturated rings. The Morgan fingerprint density at radius 3 is 2.29 bits per heavy atom. The van der Waals surface area contributed by atoms with Gasteiger partial charge in [0.05, 0.1) is 0 Å². The van der Waals surface area contributed by atoms with Gasteiger partial charge in [-0.05, 0) is 38.8 Å². The topological polar surface area (TPSA) is 67.6 Å². The molecule has 3 rings (SSSR count). The Morgan fingerprint density at radius 1 is 1.04 bits per heavy atom. The molecule has 24 heavy (non-hydrogen) atoms. The van der Waals surface area contributed by atoms with Crippen LogP contribution in [0.5, 0.6) is 0 Å². The minimum absolute atomic E-state index is 0.131. The van der Waals surface area contributed by atoms with Crippen molar-refractivity contribution < 1.29 is 4.79 Å². The van der Waals surface area contributed by atoms with Crippen molar-refractivity contribution in [3.8, 4) is 0 Å². The Kier molecular flexibility index (Phi) is 4.89. The van der Waals surface area contributed by atoms with Crippen LogP contribution < -0.4 is 11.2 Å². The molecular weight excluding hydrogens is 308 g/mol. The highest BCUT2D eigenvalue weighted by molar-refractivity contribution is 5.79. The van der Waals surface area contributed by atoms with Gasteiger partial charge < -0.3 is 4.90 Å². The number of piperidine rings is 1. The first-order valence-electron chi connectivity index (χ1n) is 8.74.